The molecule has 0 radical (unpaired) electrons. The van der Waals surface area contributed by atoms with Crippen LogP contribution in [0.2, 0.25) is 0 Å². The fraction of sp³-hybridized carbons (Fsp3) is 0.455. The van der Waals surface area contributed by atoms with E-state index in [4.69, 9.17) is 0 Å². The molecular formula is C11H14N4O. The Bertz CT molecular complexity index is 550. The molecule has 1 atom stereocenters. The zero-order valence-electron chi connectivity index (χ0n) is 8.97. The van der Waals surface area contributed by atoms with Crippen molar-refractivity contribution in [1.82, 2.24) is 19.5 Å². The van der Waals surface area contributed by atoms with Crippen molar-refractivity contribution in [3.05, 3.63) is 34.9 Å². The Morgan fingerprint density at radius 2 is 2.38 bits per heavy atom. The second-order valence-corrected chi connectivity index (χ2v) is 4.16. The summed E-state index contributed by atoms with van der Waals surface area (Å²) in [7, 11) is 0. The maximum absolute atomic E-state index is 12.1. The van der Waals surface area contributed by atoms with E-state index in [1.54, 1.807) is 15.3 Å². The first kappa shape index (κ1) is 9.59. The van der Waals surface area contributed by atoms with Crippen LogP contribution >= 0.6 is 0 Å². The van der Waals surface area contributed by atoms with Crippen molar-refractivity contribution in [3.8, 4) is 0 Å². The predicted molar refractivity (Wildman–Crippen MR) is 60.6 cm³/mol. The Labute approximate surface area is 92.7 Å². The molecule has 0 bridgehead atoms. The van der Waals surface area contributed by atoms with Crippen molar-refractivity contribution in [2.24, 2.45) is 0 Å². The van der Waals surface area contributed by atoms with E-state index in [0.29, 0.717) is 0 Å². The van der Waals surface area contributed by atoms with Gasteiger partial charge in [-0.05, 0) is 31.5 Å². The second-order valence-electron chi connectivity index (χ2n) is 4.16. The zero-order valence-corrected chi connectivity index (χ0v) is 8.97. The molecule has 16 heavy (non-hydrogen) atoms. The predicted octanol–water partition coefficient (Wildman–Crippen LogP) is 0.420. The summed E-state index contributed by atoms with van der Waals surface area (Å²) in [4.78, 5) is 12.1. The van der Waals surface area contributed by atoms with Crippen LogP contribution in [0.3, 0.4) is 0 Å². The SMILES string of the molecule is O=c1n(C2CCCNC2)nc2ccccn12. The van der Waals surface area contributed by atoms with Gasteiger partial charge in [-0.25, -0.2) is 9.48 Å². The normalized spacial score (nSPS) is 21.4. The lowest BCUT2D eigenvalue weighted by molar-refractivity contribution is 0.339. The molecule has 1 aliphatic heterocycles. The van der Waals surface area contributed by atoms with Gasteiger partial charge in [-0.2, -0.15) is 0 Å². The Morgan fingerprint density at radius 3 is 3.12 bits per heavy atom. The molecule has 3 rings (SSSR count). The first-order valence-corrected chi connectivity index (χ1v) is 5.63. The summed E-state index contributed by atoms with van der Waals surface area (Å²) in [5.41, 5.74) is 0.683. The average molecular weight is 218 g/mol. The monoisotopic (exact) mass is 218 g/mol. The van der Waals surface area contributed by atoms with Crippen LogP contribution in [-0.4, -0.2) is 27.3 Å². The Morgan fingerprint density at radius 1 is 1.44 bits per heavy atom. The third-order valence-electron chi connectivity index (χ3n) is 3.07. The molecule has 0 saturated carbocycles. The van der Waals surface area contributed by atoms with Crippen LogP contribution in [0.1, 0.15) is 18.9 Å². The fourth-order valence-corrected chi connectivity index (χ4v) is 2.22. The minimum atomic E-state index is -0.0377. The van der Waals surface area contributed by atoms with Gasteiger partial charge in [0.05, 0.1) is 6.04 Å². The van der Waals surface area contributed by atoms with Crippen molar-refractivity contribution in [2.75, 3.05) is 13.1 Å². The van der Waals surface area contributed by atoms with E-state index in [-0.39, 0.29) is 11.7 Å². The molecule has 0 aromatic carbocycles. The number of hydrogen-bond acceptors (Lipinski definition) is 3. The van der Waals surface area contributed by atoms with Crippen LogP contribution in [0, 0.1) is 0 Å². The second kappa shape index (κ2) is 3.75. The molecule has 0 amide bonds. The topological polar surface area (TPSA) is 51.3 Å². The fourth-order valence-electron chi connectivity index (χ4n) is 2.22. The molecule has 0 spiro atoms. The largest absolute Gasteiger partial charge is 0.350 e. The third-order valence-corrected chi connectivity index (χ3v) is 3.07. The standard InChI is InChI=1S/C11H14N4O/c16-11-14-7-2-1-5-10(14)13-15(11)9-4-3-6-12-8-9/h1-2,5,7,9,12H,3-4,6,8H2. The smallest absolute Gasteiger partial charge is 0.315 e. The molecule has 1 N–H and O–H groups in total. The van der Waals surface area contributed by atoms with Crippen LogP contribution in [0.15, 0.2) is 29.2 Å². The Kier molecular flexibility index (Phi) is 2.25. The van der Waals surface area contributed by atoms with Crippen molar-refractivity contribution in [2.45, 2.75) is 18.9 Å². The van der Waals surface area contributed by atoms with E-state index < -0.39 is 0 Å². The number of nitrogens with zero attached hydrogens (tertiary/aromatic N) is 3. The number of piperidine rings is 1. The summed E-state index contributed by atoms with van der Waals surface area (Å²) < 4.78 is 3.20. The highest BCUT2D eigenvalue weighted by atomic mass is 16.2. The van der Waals surface area contributed by atoms with E-state index in [1.807, 2.05) is 18.2 Å². The highest BCUT2D eigenvalue weighted by Crippen LogP contribution is 2.13. The number of aromatic nitrogens is 3. The molecule has 1 unspecified atom stereocenters. The molecule has 3 heterocycles. The van der Waals surface area contributed by atoms with Crippen molar-refractivity contribution in [1.29, 1.82) is 0 Å². The quantitative estimate of drug-likeness (QED) is 0.754. The van der Waals surface area contributed by atoms with Gasteiger partial charge in [0.2, 0.25) is 0 Å². The molecular weight excluding hydrogens is 204 g/mol. The van der Waals surface area contributed by atoms with Gasteiger partial charge in [0.15, 0.2) is 5.65 Å². The van der Waals surface area contributed by atoms with Crippen LogP contribution in [0.4, 0.5) is 0 Å². The van der Waals surface area contributed by atoms with E-state index >= 15 is 0 Å². The van der Waals surface area contributed by atoms with E-state index in [1.165, 1.54) is 0 Å². The maximum atomic E-state index is 12.1. The van der Waals surface area contributed by atoms with Gasteiger partial charge >= 0.3 is 5.69 Å². The molecule has 1 fully saturated rings. The summed E-state index contributed by atoms with van der Waals surface area (Å²) in [6, 6.07) is 5.79. The van der Waals surface area contributed by atoms with Crippen LogP contribution < -0.4 is 11.0 Å². The highest BCUT2D eigenvalue weighted by molar-refractivity contribution is 5.35. The molecule has 5 heteroatoms. The molecule has 0 aliphatic carbocycles. The number of nitrogens with one attached hydrogen (secondary N) is 1. The van der Waals surface area contributed by atoms with Gasteiger partial charge in [-0.3, -0.25) is 4.40 Å². The van der Waals surface area contributed by atoms with Crippen molar-refractivity contribution >= 4 is 5.65 Å². The first-order chi connectivity index (χ1) is 7.86. The summed E-state index contributed by atoms with van der Waals surface area (Å²) in [5.74, 6) is 0. The Hall–Kier alpha value is -1.62. The lowest BCUT2D eigenvalue weighted by atomic mass is 10.1. The number of rotatable bonds is 1. The van der Waals surface area contributed by atoms with Crippen LogP contribution in [0.5, 0.6) is 0 Å². The summed E-state index contributed by atoms with van der Waals surface area (Å²) in [5, 5.41) is 7.66. The van der Waals surface area contributed by atoms with E-state index in [0.717, 1.165) is 31.6 Å². The molecule has 5 nitrogen and oxygen atoms in total. The maximum Gasteiger partial charge on any atom is 0.350 e. The van der Waals surface area contributed by atoms with Gasteiger partial charge in [0, 0.05) is 12.7 Å². The average Bonchev–Trinajstić information content (AvgIpc) is 2.69. The molecule has 1 aliphatic rings. The van der Waals surface area contributed by atoms with Gasteiger partial charge in [-0.1, -0.05) is 6.07 Å². The molecule has 2 aromatic heterocycles. The lowest BCUT2D eigenvalue weighted by Gasteiger charge is -2.21. The van der Waals surface area contributed by atoms with E-state index in [2.05, 4.69) is 10.4 Å². The van der Waals surface area contributed by atoms with Gasteiger partial charge in [-0.15, -0.1) is 5.10 Å². The summed E-state index contributed by atoms with van der Waals surface area (Å²) in [6.45, 7) is 1.88. The van der Waals surface area contributed by atoms with Crippen LogP contribution in [0.25, 0.3) is 5.65 Å². The van der Waals surface area contributed by atoms with Crippen molar-refractivity contribution in [3.63, 3.8) is 0 Å². The van der Waals surface area contributed by atoms with Crippen LogP contribution in [-0.2, 0) is 0 Å². The van der Waals surface area contributed by atoms with Gasteiger partial charge < -0.3 is 5.32 Å². The Balaban J connectivity index is 2.09. The minimum Gasteiger partial charge on any atom is -0.315 e. The molecule has 84 valence electrons. The third kappa shape index (κ3) is 1.44. The summed E-state index contributed by atoms with van der Waals surface area (Å²) >= 11 is 0. The molecule has 2 aromatic rings. The molecule has 1 saturated heterocycles. The highest BCUT2D eigenvalue weighted by Gasteiger charge is 2.19. The number of pyridine rings is 1. The lowest BCUT2D eigenvalue weighted by Crippen LogP contribution is -2.36. The minimum absolute atomic E-state index is 0.0377. The number of fused-ring (bicyclic) bond motifs is 1. The number of hydrogen-bond donors (Lipinski definition) is 1. The van der Waals surface area contributed by atoms with E-state index in [9.17, 15) is 4.79 Å². The zero-order chi connectivity index (χ0) is 11.0. The van der Waals surface area contributed by atoms with Gasteiger partial charge in [0.1, 0.15) is 0 Å². The van der Waals surface area contributed by atoms with Crippen molar-refractivity contribution < 1.29 is 0 Å². The first-order valence-electron chi connectivity index (χ1n) is 5.63. The summed E-state index contributed by atoms with van der Waals surface area (Å²) in [6.07, 6.45) is 3.89. The van der Waals surface area contributed by atoms with Gasteiger partial charge in [0.25, 0.3) is 0 Å².